The highest BCUT2D eigenvalue weighted by Crippen LogP contribution is 2.35. The Morgan fingerprint density at radius 3 is 2.73 bits per heavy atom. The van der Waals surface area contributed by atoms with E-state index in [-0.39, 0.29) is 5.92 Å². The van der Waals surface area contributed by atoms with Gasteiger partial charge in [-0.3, -0.25) is 0 Å². The van der Waals surface area contributed by atoms with E-state index in [0.717, 1.165) is 28.3 Å². The molecule has 0 bridgehead atoms. The molecule has 1 unspecified atom stereocenters. The Labute approximate surface area is 130 Å². The minimum atomic E-state index is 0.210. The van der Waals surface area contributed by atoms with Crippen LogP contribution in [-0.4, -0.2) is 22.5 Å². The number of benzene rings is 1. The quantitative estimate of drug-likeness (QED) is 0.784. The zero-order valence-corrected chi connectivity index (χ0v) is 13.0. The number of fused-ring (bicyclic) bond motifs is 1. The van der Waals surface area contributed by atoms with Gasteiger partial charge in [0.25, 0.3) is 0 Å². The monoisotopic (exact) mass is 295 g/mol. The van der Waals surface area contributed by atoms with Gasteiger partial charge in [0.05, 0.1) is 18.0 Å². The lowest BCUT2D eigenvalue weighted by Gasteiger charge is -2.13. The molecule has 1 atom stereocenters. The molecule has 0 fully saturated rings. The summed E-state index contributed by atoms with van der Waals surface area (Å²) >= 11 is 0. The van der Waals surface area contributed by atoms with E-state index in [1.807, 2.05) is 49.5 Å². The highest BCUT2D eigenvalue weighted by molar-refractivity contribution is 5.72. The van der Waals surface area contributed by atoms with Crippen molar-refractivity contribution in [1.29, 1.82) is 0 Å². The number of rotatable bonds is 5. The average molecular weight is 295 g/mol. The van der Waals surface area contributed by atoms with Crippen LogP contribution < -0.4 is 10.5 Å². The largest absolute Gasteiger partial charge is 0.493 e. The first-order chi connectivity index (χ1) is 10.8. The molecular formula is C18H21N3O. The third-order valence-corrected chi connectivity index (χ3v) is 3.83. The van der Waals surface area contributed by atoms with Gasteiger partial charge in [-0.2, -0.15) is 0 Å². The molecule has 0 aliphatic rings. The highest BCUT2D eigenvalue weighted by atomic mass is 16.5. The molecule has 22 heavy (non-hydrogen) atoms. The van der Waals surface area contributed by atoms with Crippen LogP contribution in [0.15, 0.2) is 48.7 Å². The highest BCUT2D eigenvalue weighted by Gasteiger charge is 2.20. The molecule has 0 amide bonds. The summed E-state index contributed by atoms with van der Waals surface area (Å²) in [5.74, 6) is 1.07. The molecule has 0 spiro atoms. The summed E-state index contributed by atoms with van der Waals surface area (Å²) in [6.07, 6.45) is 2.04. The Hall–Kier alpha value is -2.33. The topological polar surface area (TPSA) is 52.5 Å². The lowest BCUT2D eigenvalue weighted by Crippen LogP contribution is -2.12. The second kappa shape index (κ2) is 6.20. The molecule has 4 nitrogen and oxygen atoms in total. The lowest BCUT2D eigenvalue weighted by atomic mass is 10.0. The maximum atomic E-state index is 5.93. The van der Waals surface area contributed by atoms with Gasteiger partial charge in [-0.25, -0.2) is 4.98 Å². The maximum Gasteiger partial charge on any atom is 0.137 e. The van der Waals surface area contributed by atoms with Crippen molar-refractivity contribution in [1.82, 2.24) is 9.38 Å². The molecule has 2 N–H and O–H groups in total. The Kier molecular flexibility index (Phi) is 4.11. The van der Waals surface area contributed by atoms with Crippen LogP contribution in [0.4, 0.5) is 0 Å². The first-order valence-corrected chi connectivity index (χ1v) is 7.65. The van der Waals surface area contributed by atoms with E-state index in [1.165, 1.54) is 0 Å². The Morgan fingerprint density at radius 2 is 1.95 bits per heavy atom. The van der Waals surface area contributed by atoms with Crippen molar-refractivity contribution < 1.29 is 4.74 Å². The fourth-order valence-electron chi connectivity index (χ4n) is 2.74. The van der Waals surface area contributed by atoms with E-state index in [1.54, 1.807) is 0 Å². The minimum Gasteiger partial charge on any atom is -0.493 e. The summed E-state index contributed by atoms with van der Waals surface area (Å²) in [6.45, 7) is 5.33. The van der Waals surface area contributed by atoms with Crippen molar-refractivity contribution in [3.05, 3.63) is 54.4 Å². The van der Waals surface area contributed by atoms with Gasteiger partial charge in [0, 0.05) is 24.2 Å². The SMILES string of the molecule is CCOc1ccccc1-c1nc2ccccn2c1C(C)CN. The standard InChI is InChI=1S/C18H21N3O/c1-3-22-15-9-5-4-8-14(15)17-18(13(2)12-19)21-11-7-6-10-16(21)20-17/h4-11,13H,3,12,19H2,1-2H3. The number of hydrogen-bond donors (Lipinski definition) is 1. The second-order valence-electron chi connectivity index (χ2n) is 5.34. The van der Waals surface area contributed by atoms with Crippen molar-refractivity contribution >= 4 is 5.65 Å². The summed E-state index contributed by atoms with van der Waals surface area (Å²) in [7, 11) is 0. The Balaban J connectivity index is 2.26. The summed E-state index contributed by atoms with van der Waals surface area (Å²) in [5, 5.41) is 0. The fourth-order valence-corrected chi connectivity index (χ4v) is 2.74. The van der Waals surface area contributed by atoms with Crippen molar-refractivity contribution in [2.24, 2.45) is 5.73 Å². The summed E-state index contributed by atoms with van der Waals surface area (Å²) in [4.78, 5) is 4.82. The zero-order chi connectivity index (χ0) is 15.5. The zero-order valence-electron chi connectivity index (χ0n) is 13.0. The first-order valence-electron chi connectivity index (χ1n) is 7.65. The number of para-hydroxylation sites is 1. The predicted molar refractivity (Wildman–Crippen MR) is 89.3 cm³/mol. The van der Waals surface area contributed by atoms with Crippen molar-refractivity contribution in [2.45, 2.75) is 19.8 Å². The molecule has 1 aromatic carbocycles. The van der Waals surface area contributed by atoms with E-state index in [4.69, 9.17) is 15.5 Å². The van der Waals surface area contributed by atoms with Crippen LogP contribution in [0, 0.1) is 0 Å². The first kappa shape index (κ1) is 14.6. The molecule has 2 aromatic heterocycles. The van der Waals surface area contributed by atoms with Gasteiger partial charge in [0.2, 0.25) is 0 Å². The van der Waals surface area contributed by atoms with Gasteiger partial charge in [-0.05, 0) is 31.2 Å². The average Bonchev–Trinajstić information content (AvgIpc) is 2.94. The van der Waals surface area contributed by atoms with E-state index in [2.05, 4.69) is 17.4 Å². The van der Waals surface area contributed by atoms with E-state index in [9.17, 15) is 0 Å². The molecule has 3 rings (SSSR count). The molecule has 114 valence electrons. The van der Waals surface area contributed by atoms with Crippen LogP contribution >= 0.6 is 0 Å². The lowest BCUT2D eigenvalue weighted by molar-refractivity contribution is 0.341. The van der Waals surface area contributed by atoms with E-state index < -0.39 is 0 Å². The number of hydrogen-bond acceptors (Lipinski definition) is 3. The minimum absolute atomic E-state index is 0.210. The van der Waals surface area contributed by atoms with Crippen LogP contribution in [0.2, 0.25) is 0 Å². The second-order valence-corrected chi connectivity index (χ2v) is 5.34. The number of pyridine rings is 1. The van der Waals surface area contributed by atoms with E-state index >= 15 is 0 Å². The van der Waals surface area contributed by atoms with Crippen molar-refractivity contribution in [3.8, 4) is 17.0 Å². The van der Waals surface area contributed by atoms with Gasteiger partial charge in [-0.15, -0.1) is 0 Å². The number of nitrogens with two attached hydrogens (primary N) is 1. The molecule has 0 aliphatic carbocycles. The number of imidazole rings is 1. The summed E-state index contributed by atoms with van der Waals surface area (Å²) < 4.78 is 7.90. The maximum absolute atomic E-state index is 5.93. The van der Waals surface area contributed by atoms with Crippen LogP contribution in [-0.2, 0) is 0 Å². The van der Waals surface area contributed by atoms with Crippen molar-refractivity contribution in [3.63, 3.8) is 0 Å². The predicted octanol–water partition coefficient (Wildman–Crippen LogP) is 3.46. The Bertz CT molecular complexity index is 779. The summed E-state index contributed by atoms with van der Waals surface area (Å²) in [5.41, 5.74) is 9.95. The van der Waals surface area contributed by atoms with Crippen LogP contribution in [0.25, 0.3) is 16.9 Å². The third kappa shape index (κ3) is 2.46. The van der Waals surface area contributed by atoms with Crippen LogP contribution in [0.3, 0.4) is 0 Å². The van der Waals surface area contributed by atoms with E-state index in [0.29, 0.717) is 13.2 Å². The molecular weight excluding hydrogens is 274 g/mol. The fraction of sp³-hybridized carbons (Fsp3) is 0.278. The molecule has 4 heteroatoms. The Morgan fingerprint density at radius 1 is 1.18 bits per heavy atom. The van der Waals surface area contributed by atoms with Crippen LogP contribution in [0.5, 0.6) is 5.75 Å². The van der Waals surface area contributed by atoms with Gasteiger partial charge in [0.1, 0.15) is 11.4 Å². The third-order valence-electron chi connectivity index (χ3n) is 3.83. The molecule has 0 aliphatic heterocycles. The van der Waals surface area contributed by atoms with Crippen molar-refractivity contribution in [2.75, 3.05) is 13.2 Å². The number of nitrogens with zero attached hydrogens (tertiary/aromatic N) is 2. The van der Waals surface area contributed by atoms with Gasteiger partial charge in [-0.1, -0.05) is 25.1 Å². The number of aromatic nitrogens is 2. The smallest absolute Gasteiger partial charge is 0.137 e. The molecule has 0 radical (unpaired) electrons. The van der Waals surface area contributed by atoms with Crippen LogP contribution in [0.1, 0.15) is 25.5 Å². The molecule has 0 saturated carbocycles. The molecule has 2 heterocycles. The summed E-state index contributed by atoms with van der Waals surface area (Å²) in [6, 6.07) is 14.1. The number of ether oxygens (including phenoxy) is 1. The van der Waals surface area contributed by atoms with Gasteiger partial charge in [0.15, 0.2) is 0 Å². The molecule has 0 saturated heterocycles. The molecule has 3 aromatic rings. The van der Waals surface area contributed by atoms with Gasteiger partial charge < -0.3 is 14.9 Å². The normalized spacial score (nSPS) is 12.5. The van der Waals surface area contributed by atoms with Gasteiger partial charge >= 0.3 is 0 Å².